The van der Waals surface area contributed by atoms with E-state index in [1.165, 1.54) is 0 Å². The van der Waals surface area contributed by atoms with Gasteiger partial charge in [0.05, 0.1) is 12.2 Å². The summed E-state index contributed by atoms with van der Waals surface area (Å²) in [6.45, 7) is 2.27. The number of pyridine rings is 1. The molecule has 4 heteroatoms. The molecule has 0 N–H and O–H groups in total. The third kappa shape index (κ3) is 2.63. The minimum atomic E-state index is -0.0502. The molecular formula is C20H16N2O2. The van der Waals surface area contributed by atoms with Crippen molar-refractivity contribution in [3.63, 3.8) is 0 Å². The maximum atomic E-state index is 12.3. The Hall–Kier alpha value is -3.14. The van der Waals surface area contributed by atoms with Gasteiger partial charge in [-0.3, -0.25) is 4.79 Å². The Labute approximate surface area is 139 Å². The number of benzene rings is 2. The van der Waals surface area contributed by atoms with Crippen LogP contribution in [0.1, 0.15) is 11.5 Å². The Kier molecular flexibility index (Phi) is 3.50. The highest BCUT2D eigenvalue weighted by Crippen LogP contribution is 2.22. The van der Waals surface area contributed by atoms with E-state index in [1.807, 2.05) is 67.7 Å². The summed E-state index contributed by atoms with van der Waals surface area (Å²) in [5.74, 6) is 1.28. The first-order valence-corrected chi connectivity index (χ1v) is 7.82. The van der Waals surface area contributed by atoms with Gasteiger partial charge in [-0.2, -0.15) is 0 Å². The lowest BCUT2D eigenvalue weighted by Gasteiger charge is -2.05. The smallest absolute Gasteiger partial charge is 0.251 e. The van der Waals surface area contributed by atoms with Gasteiger partial charge in [0.15, 0.2) is 0 Å². The van der Waals surface area contributed by atoms with E-state index in [2.05, 4.69) is 4.98 Å². The predicted molar refractivity (Wildman–Crippen MR) is 94.0 cm³/mol. The van der Waals surface area contributed by atoms with E-state index in [4.69, 9.17) is 4.42 Å². The van der Waals surface area contributed by atoms with Crippen LogP contribution in [0.2, 0.25) is 0 Å². The quantitative estimate of drug-likeness (QED) is 0.574. The standard InChI is InChI=1S/C20H16N2O2/c1-14-18(24-20(21-14)15-7-3-2-4-8-15)13-22-12-17-10-6-5-9-16(17)11-19(22)23/h2-12H,13H2,1H3. The summed E-state index contributed by atoms with van der Waals surface area (Å²) in [5, 5.41) is 1.97. The van der Waals surface area contributed by atoms with Gasteiger partial charge in [0, 0.05) is 17.8 Å². The summed E-state index contributed by atoms with van der Waals surface area (Å²) in [6, 6.07) is 19.2. The average molecular weight is 316 g/mol. The number of aromatic nitrogens is 2. The van der Waals surface area contributed by atoms with Crippen molar-refractivity contribution in [2.24, 2.45) is 0 Å². The first-order valence-electron chi connectivity index (χ1n) is 7.82. The van der Waals surface area contributed by atoms with Gasteiger partial charge >= 0.3 is 0 Å². The highest BCUT2D eigenvalue weighted by atomic mass is 16.4. The lowest BCUT2D eigenvalue weighted by atomic mass is 10.2. The molecule has 0 aliphatic carbocycles. The zero-order chi connectivity index (χ0) is 16.5. The third-order valence-corrected chi connectivity index (χ3v) is 4.08. The van der Waals surface area contributed by atoms with Crippen LogP contribution in [0.4, 0.5) is 0 Å². The van der Waals surface area contributed by atoms with Crippen molar-refractivity contribution in [3.8, 4) is 11.5 Å². The van der Waals surface area contributed by atoms with Crippen LogP contribution in [0, 0.1) is 6.92 Å². The molecule has 0 atom stereocenters. The van der Waals surface area contributed by atoms with Crippen LogP contribution >= 0.6 is 0 Å². The molecule has 0 aliphatic heterocycles. The summed E-state index contributed by atoms with van der Waals surface area (Å²) in [7, 11) is 0. The largest absolute Gasteiger partial charge is 0.439 e. The number of hydrogen-bond donors (Lipinski definition) is 0. The highest BCUT2D eigenvalue weighted by molar-refractivity contribution is 5.81. The fourth-order valence-electron chi connectivity index (χ4n) is 2.76. The summed E-state index contributed by atoms with van der Waals surface area (Å²) in [6.07, 6.45) is 1.86. The lowest BCUT2D eigenvalue weighted by Crippen LogP contribution is -2.19. The van der Waals surface area contributed by atoms with Crippen LogP contribution in [0.3, 0.4) is 0 Å². The van der Waals surface area contributed by atoms with E-state index in [1.54, 1.807) is 10.6 Å². The SMILES string of the molecule is Cc1nc(-c2ccccc2)oc1Cn1cc2ccccc2cc1=O. The summed E-state index contributed by atoms with van der Waals surface area (Å²) >= 11 is 0. The molecule has 2 aromatic carbocycles. The molecule has 4 aromatic rings. The maximum Gasteiger partial charge on any atom is 0.251 e. The van der Waals surface area contributed by atoms with Crippen LogP contribution in [0.15, 0.2) is 76.1 Å². The fourth-order valence-corrected chi connectivity index (χ4v) is 2.76. The van der Waals surface area contributed by atoms with Gasteiger partial charge in [-0.05, 0) is 29.8 Å². The van der Waals surface area contributed by atoms with Crippen molar-refractivity contribution in [1.29, 1.82) is 0 Å². The van der Waals surface area contributed by atoms with Gasteiger partial charge in [-0.25, -0.2) is 4.98 Å². The van der Waals surface area contributed by atoms with Crippen LogP contribution in [0.25, 0.3) is 22.2 Å². The molecule has 0 spiro atoms. The van der Waals surface area contributed by atoms with Crippen LogP contribution in [-0.4, -0.2) is 9.55 Å². The van der Waals surface area contributed by atoms with E-state index in [0.717, 1.165) is 22.0 Å². The highest BCUT2D eigenvalue weighted by Gasteiger charge is 2.12. The number of aryl methyl sites for hydroxylation is 1. The molecule has 4 nitrogen and oxygen atoms in total. The molecule has 118 valence electrons. The van der Waals surface area contributed by atoms with E-state index in [-0.39, 0.29) is 5.56 Å². The molecule has 0 aliphatic rings. The zero-order valence-corrected chi connectivity index (χ0v) is 13.3. The molecule has 2 aromatic heterocycles. The van der Waals surface area contributed by atoms with Gasteiger partial charge < -0.3 is 8.98 Å². The van der Waals surface area contributed by atoms with Crippen LogP contribution < -0.4 is 5.56 Å². The Bertz CT molecular complexity index is 1060. The molecule has 0 amide bonds. The van der Waals surface area contributed by atoms with Crippen molar-refractivity contribution in [3.05, 3.63) is 88.7 Å². The number of hydrogen-bond acceptors (Lipinski definition) is 3. The van der Waals surface area contributed by atoms with E-state index >= 15 is 0 Å². The van der Waals surface area contributed by atoms with Gasteiger partial charge in [-0.15, -0.1) is 0 Å². The summed E-state index contributed by atoms with van der Waals surface area (Å²) in [4.78, 5) is 16.8. The second-order valence-corrected chi connectivity index (χ2v) is 5.76. The maximum absolute atomic E-state index is 12.3. The third-order valence-electron chi connectivity index (χ3n) is 4.08. The number of nitrogens with zero attached hydrogens (tertiary/aromatic N) is 2. The van der Waals surface area contributed by atoms with Gasteiger partial charge in [0.2, 0.25) is 5.89 Å². The summed E-state index contributed by atoms with van der Waals surface area (Å²) < 4.78 is 7.56. The van der Waals surface area contributed by atoms with Crippen LogP contribution in [-0.2, 0) is 6.54 Å². The van der Waals surface area contributed by atoms with Crippen molar-refractivity contribution in [2.75, 3.05) is 0 Å². The first-order chi connectivity index (χ1) is 11.7. The molecular weight excluding hydrogens is 300 g/mol. The number of fused-ring (bicyclic) bond motifs is 1. The molecule has 0 fully saturated rings. The monoisotopic (exact) mass is 316 g/mol. The molecule has 0 radical (unpaired) electrons. The van der Waals surface area contributed by atoms with E-state index in [0.29, 0.717) is 18.2 Å². The zero-order valence-electron chi connectivity index (χ0n) is 13.3. The Balaban J connectivity index is 1.72. The Morgan fingerprint density at radius 2 is 1.71 bits per heavy atom. The van der Waals surface area contributed by atoms with Crippen LogP contribution in [0.5, 0.6) is 0 Å². The predicted octanol–water partition coefficient (Wildman–Crippen LogP) is 4.01. The van der Waals surface area contributed by atoms with Gasteiger partial charge in [0.1, 0.15) is 5.76 Å². The molecule has 0 unspecified atom stereocenters. The van der Waals surface area contributed by atoms with E-state index in [9.17, 15) is 4.79 Å². The van der Waals surface area contributed by atoms with Crippen molar-refractivity contribution >= 4 is 10.8 Å². The van der Waals surface area contributed by atoms with Gasteiger partial charge in [-0.1, -0.05) is 42.5 Å². The summed E-state index contributed by atoms with van der Waals surface area (Å²) in [5.41, 5.74) is 1.68. The topological polar surface area (TPSA) is 48.0 Å². The normalized spacial score (nSPS) is 11.0. The van der Waals surface area contributed by atoms with E-state index < -0.39 is 0 Å². The van der Waals surface area contributed by atoms with Crippen molar-refractivity contribution < 1.29 is 4.42 Å². The second kappa shape index (κ2) is 5.81. The number of oxazole rings is 1. The molecule has 4 rings (SSSR count). The number of rotatable bonds is 3. The second-order valence-electron chi connectivity index (χ2n) is 5.76. The molecule has 24 heavy (non-hydrogen) atoms. The molecule has 0 saturated carbocycles. The Morgan fingerprint density at radius 1 is 1.00 bits per heavy atom. The van der Waals surface area contributed by atoms with Gasteiger partial charge in [0.25, 0.3) is 5.56 Å². The Morgan fingerprint density at radius 3 is 2.50 bits per heavy atom. The molecule has 0 saturated heterocycles. The van der Waals surface area contributed by atoms with Crippen molar-refractivity contribution in [2.45, 2.75) is 13.5 Å². The van der Waals surface area contributed by atoms with Crippen molar-refractivity contribution in [1.82, 2.24) is 9.55 Å². The lowest BCUT2D eigenvalue weighted by molar-refractivity contribution is 0.496. The average Bonchev–Trinajstić information content (AvgIpc) is 2.97. The minimum Gasteiger partial charge on any atom is -0.439 e. The molecule has 2 heterocycles. The minimum absolute atomic E-state index is 0.0502. The fraction of sp³-hybridized carbons (Fsp3) is 0.100. The first kappa shape index (κ1) is 14.5. The molecule has 0 bridgehead atoms.